The fourth-order valence-electron chi connectivity index (χ4n) is 1.31. The van der Waals surface area contributed by atoms with Crippen molar-refractivity contribution in [3.63, 3.8) is 0 Å². The Morgan fingerprint density at radius 2 is 2.33 bits per heavy atom. The normalized spacial score (nSPS) is 10.3. The molecule has 0 unspecified atom stereocenters. The zero-order valence-electron chi connectivity index (χ0n) is 9.47. The minimum atomic E-state index is -1.13. The lowest BCUT2D eigenvalue weighted by Crippen LogP contribution is -2.22. The lowest BCUT2D eigenvalue weighted by atomic mass is 10.3. The number of amides is 1. The number of thiazole rings is 1. The third-order valence-corrected chi connectivity index (χ3v) is 3.26. The first-order chi connectivity index (χ1) is 8.58. The molecule has 0 atom stereocenters. The Balaban J connectivity index is 1.99. The van der Waals surface area contributed by atoms with Gasteiger partial charge in [0, 0.05) is 10.9 Å². The molecule has 1 amide bonds. The summed E-state index contributed by atoms with van der Waals surface area (Å²) in [5.74, 6) is -1.60. The minimum Gasteiger partial charge on any atom is -0.478 e. The quantitative estimate of drug-likeness (QED) is 0.878. The third-order valence-electron chi connectivity index (χ3n) is 2.32. The molecule has 0 fully saturated rings. The first-order valence-electron chi connectivity index (χ1n) is 5.07. The zero-order valence-corrected chi connectivity index (χ0v) is 10.3. The van der Waals surface area contributed by atoms with Crippen LogP contribution >= 0.6 is 11.3 Å². The van der Waals surface area contributed by atoms with Crippen molar-refractivity contribution >= 4 is 23.2 Å². The van der Waals surface area contributed by atoms with Crippen molar-refractivity contribution in [2.75, 3.05) is 0 Å². The topological polar surface area (TPSA) is 92.4 Å². The number of rotatable bonds is 4. The summed E-state index contributed by atoms with van der Waals surface area (Å²) in [6.07, 6.45) is 1.04. The van der Waals surface area contributed by atoms with Gasteiger partial charge in [0.2, 0.25) is 0 Å². The molecule has 0 saturated heterocycles. The maximum atomic E-state index is 11.7. The first-order valence-corrected chi connectivity index (χ1v) is 5.95. The van der Waals surface area contributed by atoms with Gasteiger partial charge >= 0.3 is 5.97 Å². The van der Waals surface area contributed by atoms with Crippen molar-refractivity contribution in [3.8, 4) is 0 Å². The van der Waals surface area contributed by atoms with E-state index in [1.54, 1.807) is 5.51 Å². The Labute approximate surface area is 106 Å². The molecule has 0 bridgehead atoms. The predicted octanol–water partition coefficient (Wildman–Crippen LogP) is 1.67. The second kappa shape index (κ2) is 5.01. The number of carbonyl (C=O) groups is 2. The molecule has 0 aliphatic carbocycles. The van der Waals surface area contributed by atoms with E-state index in [-0.39, 0.29) is 11.3 Å². The van der Waals surface area contributed by atoms with Crippen LogP contribution in [0, 0.1) is 6.92 Å². The first kappa shape index (κ1) is 12.3. The molecular weight excluding hydrogens is 256 g/mol. The predicted molar refractivity (Wildman–Crippen MR) is 63.7 cm³/mol. The molecule has 0 aliphatic rings. The van der Waals surface area contributed by atoms with Crippen LogP contribution in [0.25, 0.3) is 0 Å². The summed E-state index contributed by atoms with van der Waals surface area (Å²) in [5, 5.41) is 11.3. The fourth-order valence-corrected chi connectivity index (χ4v) is 2.03. The van der Waals surface area contributed by atoms with Gasteiger partial charge in [0.25, 0.3) is 5.91 Å². The molecule has 0 aliphatic heterocycles. The number of aromatic nitrogens is 1. The van der Waals surface area contributed by atoms with Crippen molar-refractivity contribution in [2.45, 2.75) is 13.5 Å². The summed E-state index contributed by atoms with van der Waals surface area (Å²) in [7, 11) is 0. The molecule has 18 heavy (non-hydrogen) atoms. The molecule has 0 aromatic carbocycles. The van der Waals surface area contributed by atoms with Crippen LogP contribution in [-0.2, 0) is 6.54 Å². The molecular formula is C11H10N2O4S. The van der Waals surface area contributed by atoms with Crippen LogP contribution in [0.3, 0.4) is 0 Å². The van der Waals surface area contributed by atoms with Crippen molar-refractivity contribution in [3.05, 3.63) is 39.7 Å². The number of nitrogens with one attached hydrogen (secondary N) is 1. The van der Waals surface area contributed by atoms with Crippen LogP contribution in [0.1, 0.15) is 31.5 Å². The van der Waals surface area contributed by atoms with E-state index < -0.39 is 11.9 Å². The highest BCUT2D eigenvalue weighted by Crippen LogP contribution is 2.12. The average Bonchev–Trinajstić information content (AvgIpc) is 2.94. The number of aromatic carboxylic acids is 1. The van der Waals surface area contributed by atoms with Crippen LogP contribution in [0.15, 0.2) is 22.3 Å². The van der Waals surface area contributed by atoms with E-state index in [4.69, 9.17) is 9.52 Å². The monoisotopic (exact) mass is 266 g/mol. The molecule has 0 saturated carbocycles. The molecule has 0 spiro atoms. The Morgan fingerprint density at radius 3 is 2.89 bits per heavy atom. The van der Waals surface area contributed by atoms with Gasteiger partial charge in [-0.25, -0.2) is 9.78 Å². The fraction of sp³-hybridized carbons (Fsp3) is 0.182. The summed E-state index contributed by atoms with van der Waals surface area (Å²) < 4.78 is 4.88. The third kappa shape index (κ3) is 2.57. The minimum absolute atomic E-state index is 0.0189. The van der Waals surface area contributed by atoms with Gasteiger partial charge in [0.1, 0.15) is 6.26 Å². The highest BCUT2D eigenvalue weighted by atomic mass is 32.1. The highest BCUT2D eigenvalue weighted by Gasteiger charge is 2.14. The van der Waals surface area contributed by atoms with Gasteiger partial charge in [0.15, 0.2) is 5.76 Å². The molecule has 94 valence electrons. The SMILES string of the molecule is Cc1ncsc1CNC(=O)c1cc(C(=O)O)co1. The van der Waals surface area contributed by atoms with Crippen molar-refractivity contribution < 1.29 is 19.1 Å². The molecule has 2 N–H and O–H groups in total. The van der Waals surface area contributed by atoms with Gasteiger partial charge in [0.05, 0.1) is 23.3 Å². The lowest BCUT2D eigenvalue weighted by molar-refractivity contribution is 0.0696. The number of aryl methyl sites for hydroxylation is 1. The van der Waals surface area contributed by atoms with Crippen molar-refractivity contribution in [2.24, 2.45) is 0 Å². The second-order valence-electron chi connectivity index (χ2n) is 3.55. The van der Waals surface area contributed by atoms with Crippen molar-refractivity contribution in [1.29, 1.82) is 0 Å². The summed E-state index contributed by atoms with van der Waals surface area (Å²) in [5.41, 5.74) is 2.52. The van der Waals surface area contributed by atoms with Crippen LogP contribution in [0.4, 0.5) is 0 Å². The van der Waals surface area contributed by atoms with Gasteiger partial charge in [-0.2, -0.15) is 0 Å². The molecule has 2 rings (SSSR count). The number of hydrogen-bond acceptors (Lipinski definition) is 5. The van der Waals surface area contributed by atoms with Gasteiger partial charge in [-0.1, -0.05) is 0 Å². The molecule has 0 radical (unpaired) electrons. The van der Waals surface area contributed by atoms with E-state index in [1.807, 2.05) is 6.92 Å². The summed E-state index contributed by atoms with van der Waals surface area (Å²) in [6.45, 7) is 2.20. The Morgan fingerprint density at radius 1 is 1.56 bits per heavy atom. The van der Waals surface area contributed by atoms with Crippen LogP contribution in [0.5, 0.6) is 0 Å². The van der Waals surface area contributed by atoms with Gasteiger partial charge in [-0.05, 0) is 6.92 Å². The van der Waals surface area contributed by atoms with E-state index in [9.17, 15) is 9.59 Å². The molecule has 2 heterocycles. The van der Waals surface area contributed by atoms with E-state index in [0.29, 0.717) is 6.54 Å². The van der Waals surface area contributed by atoms with Gasteiger partial charge in [-0.3, -0.25) is 4.79 Å². The van der Waals surface area contributed by atoms with Gasteiger partial charge < -0.3 is 14.8 Å². The Kier molecular flexibility index (Phi) is 3.42. The standard InChI is InChI=1S/C11H10N2O4S/c1-6-9(18-5-13-6)3-12-10(14)8-2-7(4-17-8)11(15)16/h2,4-5H,3H2,1H3,(H,12,14)(H,15,16). The van der Waals surface area contributed by atoms with E-state index in [1.165, 1.54) is 17.4 Å². The second-order valence-corrected chi connectivity index (χ2v) is 4.49. The van der Waals surface area contributed by atoms with Crippen LogP contribution in [0.2, 0.25) is 0 Å². The molecule has 7 heteroatoms. The van der Waals surface area contributed by atoms with E-state index >= 15 is 0 Å². The number of carboxylic acid groups (broad SMARTS) is 1. The highest BCUT2D eigenvalue weighted by molar-refractivity contribution is 7.09. The Hall–Kier alpha value is -2.15. The smallest absolute Gasteiger partial charge is 0.338 e. The van der Waals surface area contributed by atoms with Crippen molar-refractivity contribution in [1.82, 2.24) is 10.3 Å². The summed E-state index contributed by atoms with van der Waals surface area (Å²) in [4.78, 5) is 27.3. The zero-order chi connectivity index (χ0) is 13.1. The summed E-state index contributed by atoms with van der Waals surface area (Å²) in [6, 6.07) is 1.19. The average molecular weight is 266 g/mol. The van der Waals surface area contributed by atoms with Crippen LogP contribution < -0.4 is 5.32 Å². The molecule has 2 aromatic heterocycles. The molecule has 2 aromatic rings. The largest absolute Gasteiger partial charge is 0.478 e. The van der Waals surface area contributed by atoms with Gasteiger partial charge in [-0.15, -0.1) is 11.3 Å². The molecule has 6 nitrogen and oxygen atoms in total. The van der Waals surface area contributed by atoms with E-state index in [2.05, 4.69) is 10.3 Å². The Bertz CT molecular complexity index is 587. The van der Waals surface area contributed by atoms with Crippen LogP contribution in [-0.4, -0.2) is 22.0 Å². The van der Waals surface area contributed by atoms with E-state index in [0.717, 1.165) is 16.8 Å². The number of nitrogens with zero attached hydrogens (tertiary/aromatic N) is 1. The maximum absolute atomic E-state index is 11.7. The number of carboxylic acids is 1. The number of carbonyl (C=O) groups excluding carboxylic acids is 1. The summed E-state index contributed by atoms with van der Waals surface area (Å²) >= 11 is 1.45. The lowest BCUT2D eigenvalue weighted by Gasteiger charge is -2.00. The number of furan rings is 1. The number of hydrogen-bond donors (Lipinski definition) is 2. The maximum Gasteiger partial charge on any atom is 0.338 e.